The van der Waals surface area contributed by atoms with Gasteiger partial charge in [0.15, 0.2) is 0 Å². The van der Waals surface area contributed by atoms with Gasteiger partial charge in [-0.15, -0.1) is 0 Å². The van der Waals surface area contributed by atoms with Crippen molar-refractivity contribution < 1.29 is 9.90 Å². The SMILES string of the molecule is Cc1nc(NC2(C(=O)Nc3c(C)cccc3Cl)NC=CS2)cc(N2CCN(CCO)CC2)n1. The van der Waals surface area contributed by atoms with Crippen molar-refractivity contribution in [3.05, 3.63) is 52.3 Å². The van der Waals surface area contributed by atoms with Crippen LogP contribution in [0.25, 0.3) is 0 Å². The molecule has 9 nitrogen and oxygen atoms in total. The lowest BCUT2D eigenvalue weighted by Crippen LogP contribution is -2.54. The van der Waals surface area contributed by atoms with Crippen molar-refractivity contribution >= 4 is 46.6 Å². The van der Waals surface area contributed by atoms with Crippen molar-refractivity contribution in [1.82, 2.24) is 20.2 Å². The Balaban J connectivity index is 1.53. The number of piperazine rings is 1. The summed E-state index contributed by atoms with van der Waals surface area (Å²) in [5.74, 6) is 1.68. The largest absolute Gasteiger partial charge is 0.395 e. The quantitative estimate of drug-likeness (QED) is 0.466. The first kappa shape index (κ1) is 23.6. The second-order valence-electron chi connectivity index (χ2n) is 7.97. The molecule has 0 saturated carbocycles. The minimum Gasteiger partial charge on any atom is -0.395 e. The molecule has 2 aromatic rings. The van der Waals surface area contributed by atoms with Gasteiger partial charge in [0.25, 0.3) is 5.91 Å². The first-order chi connectivity index (χ1) is 15.9. The Morgan fingerprint density at radius 3 is 2.73 bits per heavy atom. The maximum absolute atomic E-state index is 13.4. The van der Waals surface area contributed by atoms with Crippen LogP contribution in [0.5, 0.6) is 0 Å². The van der Waals surface area contributed by atoms with Crippen molar-refractivity contribution in [2.45, 2.75) is 18.8 Å². The molecule has 11 heteroatoms. The Morgan fingerprint density at radius 1 is 1.27 bits per heavy atom. The molecule has 4 N–H and O–H groups in total. The molecule has 3 heterocycles. The molecule has 2 aliphatic heterocycles. The Bertz CT molecular complexity index is 1020. The number of nitrogens with zero attached hydrogens (tertiary/aromatic N) is 4. The van der Waals surface area contributed by atoms with Gasteiger partial charge in [0.1, 0.15) is 17.5 Å². The van der Waals surface area contributed by atoms with Crippen LogP contribution in [0, 0.1) is 13.8 Å². The van der Waals surface area contributed by atoms with Crippen LogP contribution in [0.1, 0.15) is 11.4 Å². The lowest BCUT2D eigenvalue weighted by molar-refractivity contribution is -0.118. The molecule has 1 saturated heterocycles. The van der Waals surface area contributed by atoms with E-state index in [-0.39, 0.29) is 12.5 Å². The summed E-state index contributed by atoms with van der Waals surface area (Å²) in [5.41, 5.74) is 1.46. The zero-order valence-electron chi connectivity index (χ0n) is 18.6. The summed E-state index contributed by atoms with van der Waals surface area (Å²) in [7, 11) is 0. The molecule has 33 heavy (non-hydrogen) atoms. The normalized spacial score (nSPS) is 20.5. The molecular weight excluding hydrogens is 462 g/mol. The van der Waals surface area contributed by atoms with Crippen LogP contribution in [-0.2, 0) is 4.79 Å². The standard InChI is InChI=1S/C22H28ClN7O2S/c1-15-4-3-5-17(23)20(15)27-21(32)22(24-6-13-33-22)28-18-14-19(26-16(2)25-18)30-9-7-29(8-10-30)11-12-31/h3-6,13-14,24,31H,7-12H2,1-2H3,(H,27,32)(H,25,26,28). The molecule has 1 amide bonds. The van der Waals surface area contributed by atoms with E-state index in [1.165, 1.54) is 11.8 Å². The highest BCUT2D eigenvalue weighted by Gasteiger charge is 2.41. The molecular formula is C22H28ClN7O2S. The van der Waals surface area contributed by atoms with Gasteiger partial charge in [-0.25, -0.2) is 9.97 Å². The van der Waals surface area contributed by atoms with Gasteiger partial charge in [-0.1, -0.05) is 35.5 Å². The number of nitrogens with one attached hydrogen (secondary N) is 3. The number of β-amino-alcohol motifs (C(OH)–C–C–N with tert-alkyl or cyclic N) is 1. The van der Waals surface area contributed by atoms with Gasteiger partial charge in [-0.2, -0.15) is 0 Å². The summed E-state index contributed by atoms with van der Waals surface area (Å²) in [5, 5.41) is 20.8. The van der Waals surface area contributed by atoms with Crippen LogP contribution in [0.15, 0.2) is 35.9 Å². The molecule has 2 aliphatic rings. The third-order valence-electron chi connectivity index (χ3n) is 5.62. The van der Waals surface area contributed by atoms with Crippen LogP contribution in [0.3, 0.4) is 0 Å². The summed E-state index contributed by atoms with van der Waals surface area (Å²) in [6, 6.07) is 7.36. The van der Waals surface area contributed by atoms with Crippen molar-refractivity contribution in [1.29, 1.82) is 0 Å². The maximum atomic E-state index is 13.4. The Morgan fingerprint density at radius 2 is 2.06 bits per heavy atom. The topological polar surface area (TPSA) is 106 Å². The first-order valence-electron chi connectivity index (χ1n) is 10.8. The molecule has 1 aromatic heterocycles. The predicted octanol–water partition coefficient (Wildman–Crippen LogP) is 2.37. The second-order valence-corrected chi connectivity index (χ2v) is 9.50. The lowest BCUT2D eigenvalue weighted by Gasteiger charge is -2.35. The van der Waals surface area contributed by atoms with Crippen LogP contribution in [-0.4, -0.2) is 70.2 Å². The van der Waals surface area contributed by atoms with E-state index in [4.69, 9.17) is 16.7 Å². The predicted molar refractivity (Wildman–Crippen MR) is 134 cm³/mol. The molecule has 176 valence electrons. The smallest absolute Gasteiger partial charge is 0.282 e. The van der Waals surface area contributed by atoms with E-state index in [0.29, 0.717) is 28.9 Å². The van der Waals surface area contributed by atoms with Gasteiger partial charge >= 0.3 is 0 Å². The number of benzene rings is 1. The number of aryl methyl sites for hydroxylation is 2. The molecule has 0 radical (unpaired) electrons. The molecule has 1 unspecified atom stereocenters. The highest BCUT2D eigenvalue weighted by Crippen LogP contribution is 2.34. The number of aliphatic hydroxyl groups excluding tert-OH is 1. The van der Waals surface area contributed by atoms with Gasteiger partial charge in [0, 0.05) is 45.0 Å². The van der Waals surface area contributed by atoms with E-state index >= 15 is 0 Å². The van der Waals surface area contributed by atoms with Crippen LogP contribution < -0.4 is 20.9 Å². The Labute approximate surface area is 202 Å². The van der Waals surface area contributed by atoms with Gasteiger partial charge in [0.2, 0.25) is 4.99 Å². The number of anilines is 3. The third kappa shape index (κ3) is 5.35. The van der Waals surface area contributed by atoms with Crippen LogP contribution in [0.2, 0.25) is 5.02 Å². The minimum atomic E-state index is -1.18. The highest BCUT2D eigenvalue weighted by atomic mass is 35.5. The molecule has 0 spiro atoms. The molecule has 0 aliphatic carbocycles. The number of hydrogen-bond donors (Lipinski definition) is 4. The van der Waals surface area contributed by atoms with Gasteiger partial charge in [-0.05, 0) is 30.9 Å². The third-order valence-corrected chi connectivity index (χ3v) is 6.97. The number of carbonyl (C=O) groups excluding carboxylic acids is 1. The molecule has 1 fully saturated rings. The highest BCUT2D eigenvalue weighted by molar-refractivity contribution is 8.04. The number of amides is 1. The summed E-state index contributed by atoms with van der Waals surface area (Å²) in [4.78, 5) is 25.8. The number of carbonyl (C=O) groups is 1. The number of para-hydroxylation sites is 1. The second kappa shape index (κ2) is 10.2. The molecule has 0 bridgehead atoms. The van der Waals surface area contributed by atoms with E-state index in [0.717, 1.165) is 37.6 Å². The number of thioether (sulfide) groups is 1. The van der Waals surface area contributed by atoms with E-state index < -0.39 is 4.99 Å². The average molecular weight is 490 g/mol. The number of aromatic nitrogens is 2. The van der Waals surface area contributed by atoms with Crippen LogP contribution >= 0.6 is 23.4 Å². The van der Waals surface area contributed by atoms with Crippen molar-refractivity contribution in [2.24, 2.45) is 0 Å². The monoisotopic (exact) mass is 489 g/mol. The van der Waals surface area contributed by atoms with Crippen molar-refractivity contribution in [2.75, 3.05) is 54.9 Å². The molecule has 4 rings (SSSR count). The van der Waals surface area contributed by atoms with E-state index in [1.54, 1.807) is 12.3 Å². The minimum absolute atomic E-state index is 0.164. The summed E-state index contributed by atoms with van der Waals surface area (Å²) in [6.45, 7) is 7.91. The summed E-state index contributed by atoms with van der Waals surface area (Å²) >= 11 is 7.64. The Hall–Kier alpha value is -2.53. The fraction of sp³-hybridized carbons (Fsp3) is 0.409. The summed E-state index contributed by atoms with van der Waals surface area (Å²) < 4.78 is 0. The Kier molecular flexibility index (Phi) is 7.28. The van der Waals surface area contributed by atoms with Crippen molar-refractivity contribution in [3.8, 4) is 0 Å². The average Bonchev–Trinajstić information content (AvgIpc) is 3.26. The first-order valence-corrected chi connectivity index (χ1v) is 12.0. The molecule has 1 aromatic carbocycles. The number of halogens is 1. The van der Waals surface area contributed by atoms with Crippen LogP contribution in [0.4, 0.5) is 17.3 Å². The zero-order chi connectivity index (χ0) is 23.4. The number of hydrogen-bond acceptors (Lipinski definition) is 9. The van der Waals surface area contributed by atoms with E-state index in [1.807, 2.05) is 37.5 Å². The fourth-order valence-electron chi connectivity index (χ4n) is 3.85. The maximum Gasteiger partial charge on any atom is 0.282 e. The zero-order valence-corrected chi connectivity index (χ0v) is 20.2. The van der Waals surface area contributed by atoms with E-state index in [9.17, 15) is 4.79 Å². The van der Waals surface area contributed by atoms with Gasteiger partial charge in [0.05, 0.1) is 17.3 Å². The number of aliphatic hydroxyl groups is 1. The lowest BCUT2D eigenvalue weighted by atomic mass is 10.2. The van der Waals surface area contributed by atoms with E-state index in [2.05, 4.69) is 35.7 Å². The number of rotatable bonds is 7. The summed E-state index contributed by atoms with van der Waals surface area (Å²) in [6.07, 6.45) is 1.73. The van der Waals surface area contributed by atoms with Crippen molar-refractivity contribution in [3.63, 3.8) is 0 Å². The van der Waals surface area contributed by atoms with Gasteiger partial charge in [-0.3, -0.25) is 9.69 Å². The fourth-order valence-corrected chi connectivity index (χ4v) is 4.92. The molecule has 1 atom stereocenters. The van der Waals surface area contributed by atoms with Gasteiger partial charge < -0.3 is 26.0 Å².